The van der Waals surface area contributed by atoms with Gasteiger partial charge in [0, 0.05) is 11.6 Å². The van der Waals surface area contributed by atoms with Crippen molar-refractivity contribution in [2.75, 3.05) is 0 Å². The fourth-order valence-corrected chi connectivity index (χ4v) is 2.39. The van der Waals surface area contributed by atoms with Gasteiger partial charge in [0.2, 0.25) is 5.91 Å². The molecule has 0 saturated heterocycles. The average molecular weight is 339 g/mol. The molecule has 6 heteroatoms. The van der Waals surface area contributed by atoms with Crippen molar-refractivity contribution in [3.05, 3.63) is 70.8 Å². The van der Waals surface area contributed by atoms with Crippen LogP contribution < -0.4 is 5.32 Å². The van der Waals surface area contributed by atoms with Gasteiger partial charge >= 0.3 is 0 Å². The van der Waals surface area contributed by atoms with Gasteiger partial charge in [-0.15, -0.1) is 0 Å². The second-order valence-corrected chi connectivity index (χ2v) is 5.59. The van der Waals surface area contributed by atoms with E-state index >= 15 is 0 Å². The molecule has 4 nitrogen and oxygen atoms in total. The molecule has 0 fully saturated rings. The first kappa shape index (κ1) is 18.1. The van der Waals surface area contributed by atoms with Crippen LogP contribution in [0, 0.1) is 40.2 Å². The van der Waals surface area contributed by atoms with Gasteiger partial charge in [-0.25, -0.2) is 8.78 Å². The minimum Gasteiger partial charge on any atom is -0.348 e. The number of nitrogens with one attached hydrogen (secondary N) is 1. The minimum absolute atomic E-state index is 0.143. The number of carbonyl (C=O) groups is 1. The maximum absolute atomic E-state index is 13.8. The van der Waals surface area contributed by atoms with E-state index in [0.717, 1.165) is 17.7 Å². The monoisotopic (exact) mass is 339 g/mol. The first-order chi connectivity index (χ1) is 11.9. The van der Waals surface area contributed by atoms with E-state index in [1.807, 2.05) is 12.1 Å². The van der Waals surface area contributed by atoms with Gasteiger partial charge in [0.05, 0.1) is 23.7 Å². The lowest BCUT2D eigenvalue weighted by atomic mass is 9.98. The van der Waals surface area contributed by atoms with Crippen LogP contribution in [0.4, 0.5) is 8.78 Å². The quantitative estimate of drug-likeness (QED) is 0.907. The molecule has 126 valence electrons. The summed E-state index contributed by atoms with van der Waals surface area (Å²) in [5, 5.41) is 20.6. The van der Waals surface area contributed by atoms with Crippen molar-refractivity contribution in [2.24, 2.45) is 5.92 Å². The van der Waals surface area contributed by atoms with Crippen molar-refractivity contribution in [1.29, 1.82) is 10.5 Å². The van der Waals surface area contributed by atoms with Crippen LogP contribution in [0.2, 0.25) is 0 Å². The summed E-state index contributed by atoms with van der Waals surface area (Å²) in [6, 6.07) is 12.9. The Morgan fingerprint density at radius 2 is 1.84 bits per heavy atom. The predicted molar refractivity (Wildman–Crippen MR) is 86.9 cm³/mol. The molecule has 0 saturated carbocycles. The van der Waals surface area contributed by atoms with Gasteiger partial charge < -0.3 is 5.32 Å². The summed E-state index contributed by atoms with van der Waals surface area (Å²) in [6.07, 6.45) is 0.173. The Kier molecular flexibility index (Phi) is 5.81. The highest BCUT2D eigenvalue weighted by Gasteiger charge is 2.22. The van der Waals surface area contributed by atoms with Crippen molar-refractivity contribution in [2.45, 2.75) is 19.4 Å². The molecule has 2 atom stereocenters. The Morgan fingerprint density at radius 1 is 1.16 bits per heavy atom. The fraction of sp³-hybridized carbons (Fsp3) is 0.211. The van der Waals surface area contributed by atoms with Crippen molar-refractivity contribution in [3.63, 3.8) is 0 Å². The summed E-state index contributed by atoms with van der Waals surface area (Å²) in [6.45, 7) is 1.56. The molecule has 0 aromatic heterocycles. The molecule has 0 aliphatic heterocycles. The van der Waals surface area contributed by atoms with Crippen molar-refractivity contribution in [1.82, 2.24) is 5.32 Å². The molecule has 0 bridgehead atoms. The van der Waals surface area contributed by atoms with E-state index in [4.69, 9.17) is 5.26 Å². The van der Waals surface area contributed by atoms with Gasteiger partial charge in [0.15, 0.2) is 0 Å². The van der Waals surface area contributed by atoms with E-state index in [0.29, 0.717) is 5.56 Å². The SMILES string of the molecule is CC(NC(=O)C(C#N)Cc1ccc(C#N)cc1)c1ccc(F)cc1F. The molecule has 0 radical (unpaired) electrons. The third-order valence-corrected chi connectivity index (χ3v) is 3.78. The highest BCUT2D eigenvalue weighted by atomic mass is 19.1. The molecule has 1 N–H and O–H groups in total. The number of amides is 1. The minimum atomic E-state index is -0.959. The number of hydrogen-bond donors (Lipinski definition) is 1. The Hall–Kier alpha value is -3.25. The number of carbonyl (C=O) groups excluding carboxylic acids is 1. The molecular formula is C19H15F2N3O. The van der Waals surface area contributed by atoms with Crippen molar-refractivity contribution in [3.8, 4) is 12.1 Å². The fourth-order valence-electron chi connectivity index (χ4n) is 2.39. The summed E-state index contributed by atoms with van der Waals surface area (Å²) in [4.78, 5) is 12.3. The smallest absolute Gasteiger partial charge is 0.238 e. The van der Waals surface area contributed by atoms with Crippen LogP contribution in [0.25, 0.3) is 0 Å². The lowest BCUT2D eigenvalue weighted by Crippen LogP contribution is -2.33. The maximum atomic E-state index is 13.8. The maximum Gasteiger partial charge on any atom is 0.238 e. The molecule has 1 amide bonds. The highest BCUT2D eigenvalue weighted by Crippen LogP contribution is 2.19. The van der Waals surface area contributed by atoms with Gasteiger partial charge in [-0.05, 0) is 37.1 Å². The summed E-state index contributed by atoms with van der Waals surface area (Å²) < 4.78 is 26.7. The molecule has 2 unspecified atom stereocenters. The Morgan fingerprint density at radius 3 is 2.40 bits per heavy atom. The number of benzene rings is 2. The molecule has 2 rings (SSSR count). The van der Waals surface area contributed by atoms with Crippen LogP contribution in [-0.4, -0.2) is 5.91 Å². The number of halogens is 2. The zero-order chi connectivity index (χ0) is 18.4. The van der Waals surface area contributed by atoms with Gasteiger partial charge in [0.25, 0.3) is 0 Å². The summed E-state index contributed by atoms with van der Waals surface area (Å²) in [7, 11) is 0. The molecule has 0 aliphatic carbocycles. The summed E-state index contributed by atoms with van der Waals surface area (Å²) >= 11 is 0. The van der Waals surface area contributed by atoms with E-state index in [9.17, 15) is 18.8 Å². The third-order valence-electron chi connectivity index (χ3n) is 3.78. The molecule has 2 aromatic rings. The first-order valence-electron chi connectivity index (χ1n) is 7.58. The van der Waals surface area contributed by atoms with E-state index < -0.39 is 29.5 Å². The van der Waals surface area contributed by atoms with Gasteiger partial charge in [-0.1, -0.05) is 18.2 Å². The Bertz CT molecular complexity index is 850. The van der Waals surface area contributed by atoms with Crippen LogP contribution in [0.1, 0.15) is 29.7 Å². The molecule has 25 heavy (non-hydrogen) atoms. The van der Waals surface area contributed by atoms with Gasteiger partial charge in [0.1, 0.15) is 17.6 Å². The van der Waals surface area contributed by atoms with E-state index in [1.165, 1.54) is 6.07 Å². The first-order valence-corrected chi connectivity index (χ1v) is 7.58. The lowest BCUT2D eigenvalue weighted by Gasteiger charge is -2.17. The number of rotatable bonds is 5. The Labute approximate surface area is 144 Å². The zero-order valence-corrected chi connectivity index (χ0v) is 13.5. The predicted octanol–water partition coefficient (Wildman–Crippen LogP) is 3.40. The Balaban J connectivity index is 2.06. The van der Waals surface area contributed by atoms with Crippen LogP contribution >= 0.6 is 0 Å². The number of nitrogens with zero attached hydrogens (tertiary/aromatic N) is 2. The summed E-state index contributed by atoms with van der Waals surface area (Å²) in [5.74, 6) is -2.95. The largest absolute Gasteiger partial charge is 0.348 e. The van der Waals surface area contributed by atoms with Crippen LogP contribution in [-0.2, 0) is 11.2 Å². The molecule has 2 aromatic carbocycles. The third kappa shape index (κ3) is 4.62. The van der Waals surface area contributed by atoms with E-state index in [1.54, 1.807) is 31.2 Å². The van der Waals surface area contributed by atoms with E-state index in [-0.39, 0.29) is 12.0 Å². The van der Waals surface area contributed by atoms with Crippen LogP contribution in [0.5, 0.6) is 0 Å². The lowest BCUT2D eigenvalue weighted by molar-refractivity contribution is -0.124. The van der Waals surface area contributed by atoms with Gasteiger partial charge in [-0.2, -0.15) is 10.5 Å². The van der Waals surface area contributed by atoms with Gasteiger partial charge in [-0.3, -0.25) is 4.79 Å². The standard InChI is InChI=1S/C19H15F2N3O/c1-12(17-7-6-16(20)9-18(17)21)24-19(25)15(11-23)8-13-2-4-14(10-22)5-3-13/h2-7,9,12,15H,8H2,1H3,(H,24,25). The highest BCUT2D eigenvalue weighted by molar-refractivity contribution is 5.81. The topological polar surface area (TPSA) is 76.7 Å². The normalized spacial score (nSPS) is 12.5. The second-order valence-electron chi connectivity index (χ2n) is 5.59. The number of hydrogen-bond acceptors (Lipinski definition) is 3. The molecular weight excluding hydrogens is 324 g/mol. The molecule has 0 spiro atoms. The van der Waals surface area contributed by atoms with Crippen LogP contribution in [0.15, 0.2) is 42.5 Å². The van der Waals surface area contributed by atoms with Crippen molar-refractivity contribution < 1.29 is 13.6 Å². The molecule has 0 heterocycles. The number of nitriles is 2. The second kappa shape index (κ2) is 8.03. The average Bonchev–Trinajstić information content (AvgIpc) is 2.59. The van der Waals surface area contributed by atoms with E-state index in [2.05, 4.69) is 5.32 Å². The van der Waals surface area contributed by atoms with Crippen molar-refractivity contribution >= 4 is 5.91 Å². The summed E-state index contributed by atoms with van der Waals surface area (Å²) in [5.41, 5.74) is 1.37. The molecule has 0 aliphatic rings. The zero-order valence-electron chi connectivity index (χ0n) is 13.5. The van der Waals surface area contributed by atoms with Crippen LogP contribution in [0.3, 0.4) is 0 Å².